The van der Waals surface area contributed by atoms with Crippen molar-refractivity contribution in [3.8, 4) is 11.1 Å². The number of nitrogens with zero attached hydrogens (tertiary/aromatic N) is 1. The van der Waals surface area contributed by atoms with Crippen LogP contribution in [-0.4, -0.2) is 29.5 Å². The molecule has 2 nitrogen and oxygen atoms in total. The molecule has 5 rings (SSSR count). The smallest absolute Gasteiger partial charge is 0.123 e. The van der Waals surface area contributed by atoms with E-state index in [1.165, 1.54) is 17.2 Å². The van der Waals surface area contributed by atoms with Gasteiger partial charge in [-0.2, -0.15) is 0 Å². The van der Waals surface area contributed by atoms with Crippen molar-refractivity contribution in [3.63, 3.8) is 0 Å². The van der Waals surface area contributed by atoms with Gasteiger partial charge >= 0.3 is 0 Å². The van der Waals surface area contributed by atoms with Gasteiger partial charge in [-0.3, -0.25) is 4.90 Å². The summed E-state index contributed by atoms with van der Waals surface area (Å²) < 4.78 is 27.6. The molecular weight excluding hydrogens is 402 g/mol. The zero-order valence-corrected chi connectivity index (χ0v) is 18.0. The summed E-state index contributed by atoms with van der Waals surface area (Å²) in [4.78, 5) is 5.68. The highest BCUT2D eigenvalue weighted by Crippen LogP contribution is 2.33. The van der Waals surface area contributed by atoms with Crippen molar-refractivity contribution in [3.05, 3.63) is 102 Å². The van der Waals surface area contributed by atoms with Crippen LogP contribution in [0.2, 0.25) is 0 Å². The number of fused-ring (bicyclic) bond motifs is 1. The van der Waals surface area contributed by atoms with Crippen LogP contribution < -0.4 is 0 Å². The number of benzene rings is 3. The minimum Gasteiger partial charge on any atom is -0.361 e. The summed E-state index contributed by atoms with van der Waals surface area (Å²) in [6.45, 7) is 2.88. The van der Waals surface area contributed by atoms with Crippen LogP contribution in [0.1, 0.15) is 24.0 Å². The lowest BCUT2D eigenvalue weighted by atomic mass is 9.91. The van der Waals surface area contributed by atoms with E-state index in [0.717, 1.165) is 66.5 Å². The summed E-state index contributed by atoms with van der Waals surface area (Å²) in [6, 6.07) is 20.0. The molecule has 32 heavy (non-hydrogen) atoms. The van der Waals surface area contributed by atoms with Gasteiger partial charge in [-0.15, -0.1) is 0 Å². The predicted molar refractivity (Wildman–Crippen MR) is 127 cm³/mol. The highest BCUT2D eigenvalue weighted by Gasteiger charge is 2.16. The molecule has 0 amide bonds. The molecule has 162 valence electrons. The Labute approximate surface area is 187 Å². The minimum atomic E-state index is -0.206. The maximum Gasteiger partial charge on any atom is 0.123 e. The molecule has 0 fully saturated rings. The van der Waals surface area contributed by atoms with Crippen LogP contribution in [0.5, 0.6) is 0 Å². The lowest BCUT2D eigenvalue weighted by molar-refractivity contribution is 0.298. The third-order valence-corrected chi connectivity index (χ3v) is 6.36. The molecule has 1 aliphatic rings. The van der Waals surface area contributed by atoms with E-state index >= 15 is 0 Å². The number of halogens is 2. The molecule has 0 radical (unpaired) electrons. The second-order valence-electron chi connectivity index (χ2n) is 8.44. The van der Waals surface area contributed by atoms with Crippen molar-refractivity contribution in [1.82, 2.24) is 9.88 Å². The summed E-state index contributed by atoms with van der Waals surface area (Å²) in [5.74, 6) is -0.398. The molecule has 2 heterocycles. The molecule has 0 atom stereocenters. The molecule has 0 saturated heterocycles. The van der Waals surface area contributed by atoms with Crippen LogP contribution in [-0.2, 0) is 6.42 Å². The molecule has 0 aliphatic carbocycles. The maximum absolute atomic E-state index is 14.0. The van der Waals surface area contributed by atoms with Crippen LogP contribution in [0, 0.1) is 11.6 Å². The molecule has 1 N–H and O–H groups in total. The molecule has 4 heteroatoms. The van der Waals surface area contributed by atoms with Gasteiger partial charge < -0.3 is 4.98 Å². The quantitative estimate of drug-likeness (QED) is 0.356. The molecule has 0 spiro atoms. The first-order valence-corrected chi connectivity index (χ1v) is 11.2. The third kappa shape index (κ3) is 4.37. The SMILES string of the molecule is Fc1ccc(C2=CCN(CCCc3c[nH]c4ccc(F)cc34)CC2)c(-c2ccccc2)c1. The Morgan fingerprint density at radius 1 is 0.875 bits per heavy atom. The number of aromatic amines is 1. The van der Waals surface area contributed by atoms with E-state index in [4.69, 9.17) is 0 Å². The summed E-state index contributed by atoms with van der Waals surface area (Å²) in [7, 11) is 0. The Kier molecular flexibility index (Phi) is 5.87. The van der Waals surface area contributed by atoms with E-state index in [-0.39, 0.29) is 11.6 Å². The van der Waals surface area contributed by atoms with E-state index < -0.39 is 0 Å². The Morgan fingerprint density at radius 2 is 1.69 bits per heavy atom. The van der Waals surface area contributed by atoms with Gasteiger partial charge in [-0.05, 0) is 84.0 Å². The zero-order chi connectivity index (χ0) is 21.9. The van der Waals surface area contributed by atoms with E-state index in [0.29, 0.717) is 0 Å². The van der Waals surface area contributed by atoms with Crippen molar-refractivity contribution in [2.45, 2.75) is 19.3 Å². The van der Waals surface area contributed by atoms with E-state index in [9.17, 15) is 8.78 Å². The predicted octanol–water partition coefficient (Wildman–Crippen LogP) is 6.84. The topological polar surface area (TPSA) is 19.0 Å². The maximum atomic E-state index is 14.0. The summed E-state index contributed by atoms with van der Waals surface area (Å²) in [5, 5.41) is 0.982. The van der Waals surface area contributed by atoms with E-state index in [1.807, 2.05) is 42.6 Å². The third-order valence-electron chi connectivity index (χ3n) is 6.36. The fraction of sp³-hybridized carbons (Fsp3) is 0.214. The van der Waals surface area contributed by atoms with Crippen LogP contribution in [0.4, 0.5) is 8.78 Å². The molecule has 3 aromatic carbocycles. The van der Waals surface area contributed by atoms with Crippen molar-refractivity contribution in [2.24, 2.45) is 0 Å². The summed E-state index contributed by atoms with van der Waals surface area (Å²) in [5.41, 5.74) is 6.56. The van der Waals surface area contributed by atoms with Crippen LogP contribution >= 0.6 is 0 Å². The Bertz CT molecular complexity index is 1260. The largest absolute Gasteiger partial charge is 0.361 e. The fourth-order valence-corrected chi connectivity index (χ4v) is 4.66. The molecule has 0 bridgehead atoms. The molecule has 0 saturated carbocycles. The number of hydrogen-bond acceptors (Lipinski definition) is 1. The van der Waals surface area contributed by atoms with Crippen LogP contribution in [0.3, 0.4) is 0 Å². The van der Waals surface area contributed by atoms with Crippen LogP contribution in [0.25, 0.3) is 27.6 Å². The van der Waals surface area contributed by atoms with Crippen molar-refractivity contribution >= 4 is 16.5 Å². The number of rotatable bonds is 6. The van der Waals surface area contributed by atoms with E-state index in [2.05, 4.69) is 16.0 Å². The number of H-pyrrole nitrogens is 1. The highest BCUT2D eigenvalue weighted by molar-refractivity contribution is 5.83. The van der Waals surface area contributed by atoms with Gasteiger partial charge in [0.05, 0.1) is 0 Å². The molecule has 1 aromatic heterocycles. The van der Waals surface area contributed by atoms with Gasteiger partial charge in [-0.1, -0.05) is 42.5 Å². The first-order valence-electron chi connectivity index (χ1n) is 11.2. The molecule has 0 unspecified atom stereocenters. The van der Waals surface area contributed by atoms with Gasteiger partial charge in [0.1, 0.15) is 11.6 Å². The number of nitrogens with one attached hydrogen (secondary N) is 1. The second kappa shape index (κ2) is 9.09. The van der Waals surface area contributed by atoms with Gasteiger partial charge in [0.25, 0.3) is 0 Å². The fourth-order valence-electron chi connectivity index (χ4n) is 4.66. The van der Waals surface area contributed by atoms with Gasteiger partial charge in [0.2, 0.25) is 0 Å². The normalized spacial score (nSPS) is 14.6. The van der Waals surface area contributed by atoms with Crippen molar-refractivity contribution in [1.29, 1.82) is 0 Å². The van der Waals surface area contributed by atoms with Crippen LogP contribution in [0.15, 0.2) is 79.0 Å². The number of hydrogen-bond donors (Lipinski definition) is 1. The standard InChI is InChI=1S/C28H26F2N2/c29-23-8-10-25(26(17-23)20-5-2-1-3-6-20)21-12-15-32(16-13-21)14-4-7-22-19-31-28-11-9-24(30)18-27(22)28/h1-3,5-6,8-12,17-19,31H,4,7,13-16H2. The highest BCUT2D eigenvalue weighted by atomic mass is 19.1. The zero-order valence-electron chi connectivity index (χ0n) is 18.0. The molecule has 1 aliphatic heterocycles. The van der Waals surface area contributed by atoms with E-state index in [1.54, 1.807) is 24.3 Å². The van der Waals surface area contributed by atoms with Crippen molar-refractivity contribution in [2.75, 3.05) is 19.6 Å². The average Bonchev–Trinajstić information content (AvgIpc) is 3.22. The first-order chi connectivity index (χ1) is 15.7. The van der Waals surface area contributed by atoms with Gasteiger partial charge in [-0.25, -0.2) is 8.78 Å². The average molecular weight is 429 g/mol. The number of aryl methyl sites for hydroxylation is 1. The molecule has 4 aromatic rings. The van der Waals surface area contributed by atoms with Crippen molar-refractivity contribution < 1.29 is 8.78 Å². The Hall–Kier alpha value is -3.24. The first kappa shape index (κ1) is 20.7. The van der Waals surface area contributed by atoms with Gasteiger partial charge in [0, 0.05) is 30.2 Å². The molecular formula is C28H26F2N2. The lowest BCUT2D eigenvalue weighted by Gasteiger charge is -2.27. The second-order valence-corrected chi connectivity index (χ2v) is 8.44. The summed E-state index contributed by atoms with van der Waals surface area (Å²) >= 11 is 0. The Balaban J connectivity index is 1.24. The summed E-state index contributed by atoms with van der Waals surface area (Å²) in [6.07, 6.45) is 7.18. The Morgan fingerprint density at radius 3 is 2.50 bits per heavy atom. The minimum absolute atomic E-state index is 0.192. The monoisotopic (exact) mass is 428 g/mol. The lowest BCUT2D eigenvalue weighted by Crippen LogP contribution is -2.29. The van der Waals surface area contributed by atoms with Gasteiger partial charge in [0.15, 0.2) is 0 Å². The number of aromatic nitrogens is 1.